The quantitative estimate of drug-likeness (QED) is 0.729. The Morgan fingerprint density at radius 2 is 1.89 bits per heavy atom. The first kappa shape index (κ1) is 20.0. The Hall–Kier alpha value is -1.34. The summed E-state index contributed by atoms with van der Waals surface area (Å²) in [7, 11) is -3.01. The molecule has 152 valence electrons. The maximum Gasteiger partial charge on any atom is 0.248 e. The highest BCUT2D eigenvalue weighted by atomic mass is 32.2. The van der Waals surface area contributed by atoms with Crippen LogP contribution in [0.25, 0.3) is 0 Å². The fraction of sp³-hybridized carbons (Fsp3) is 0.619. The van der Waals surface area contributed by atoms with Crippen molar-refractivity contribution in [2.75, 3.05) is 11.5 Å². The largest absolute Gasteiger partial charge is 0.342 e. The number of hydrogen-bond donors (Lipinski definition) is 0. The summed E-state index contributed by atoms with van der Waals surface area (Å²) in [6.45, 7) is 2.64. The predicted molar refractivity (Wildman–Crippen MR) is 114 cm³/mol. The zero-order chi connectivity index (χ0) is 19.7. The van der Waals surface area contributed by atoms with Crippen molar-refractivity contribution >= 4 is 32.7 Å². The number of nitrogens with zero attached hydrogens (tertiary/aromatic N) is 2. The zero-order valence-electron chi connectivity index (χ0n) is 16.3. The number of amides is 1. The van der Waals surface area contributed by atoms with Gasteiger partial charge >= 0.3 is 0 Å². The zero-order valence-corrected chi connectivity index (χ0v) is 18.0. The van der Waals surface area contributed by atoms with Crippen LogP contribution in [0.4, 0.5) is 0 Å². The van der Waals surface area contributed by atoms with Crippen molar-refractivity contribution in [3.8, 4) is 0 Å². The molecule has 3 fully saturated rings. The summed E-state index contributed by atoms with van der Waals surface area (Å²) in [4.78, 5) is 19.0. The van der Waals surface area contributed by atoms with Gasteiger partial charge in [-0.25, -0.2) is 8.42 Å². The Kier molecular flexibility index (Phi) is 5.83. The second-order valence-electron chi connectivity index (χ2n) is 8.39. The van der Waals surface area contributed by atoms with Gasteiger partial charge in [-0.3, -0.25) is 4.79 Å². The lowest BCUT2D eigenvalue weighted by atomic mass is 10.0. The molecular weight excluding hydrogens is 392 g/mol. The number of hydrogen-bond acceptors (Lipinski definition) is 4. The van der Waals surface area contributed by atoms with Gasteiger partial charge in [-0.1, -0.05) is 67.3 Å². The third kappa shape index (κ3) is 4.62. The molecule has 0 aromatic heterocycles. The number of aryl methyl sites for hydroxylation is 1. The molecular formula is C21H28N2O3S2. The second-order valence-corrected chi connectivity index (χ2v) is 11.8. The Morgan fingerprint density at radius 3 is 2.61 bits per heavy atom. The van der Waals surface area contributed by atoms with Crippen LogP contribution in [0.1, 0.15) is 49.7 Å². The number of carbonyl (C=O) groups excluding carboxylic acids is 1. The van der Waals surface area contributed by atoms with E-state index in [0.29, 0.717) is 24.1 Å². The fourth-order valence-electron chi connectivity index (χ4n) is 4.50. The van der Waals surface area contributed by atoms with Gasteiger partial charge in [-0.05, 0) is 24.8 Å². The number of fused-ring (bicyclic) bond motifs is 1. The van der Waals surface area contributed by atoms with Crippen molar-refractivity contribution in [2.24, 2.45) is 10.9 Å². The average Bonchev–Trinajstić information content (AvgIpc) is 3.32. The Bertz CT molecular complexity index is 858. The fourth-order valence-corrected chi connectivity index (χ4v) is 8.47. The van der Waals surface area contributed by atoms with Crippen molar-refractivity contribution in [3.05, 3.63) is 35.4 Å². The van der Waals surface area contributed by atoms with E-state index in [9.17, 15) is 13.2 Å². The summed E-state index contributed by atoms with van der Waals surface area (Å²) >= 11 is 1.48. The van der Waals surface area contributed by atoms with Crippen LogP contribution < -0.4 is 0 Å². The van der Waals surface area contributed by atoms with Crippen LogP contribution in [0.15, 0.2) is 29.3 Å². The number of benzene rings is 1. The van der Waals surface area contributed by atoms with Gasteiger partial charge in [-0.2, -0.15) is 4.99 Å². The number of rotatable bonds is 5. The molecule has 2 aliphatic heterocycles. The van der Waals surface area contributed by atoms with Crippen molar-refractivity contribution in [2.45, 2.75) is 63.3 Å². The van der Waals surface area contributed by atoms with Gasteiger partial charge in [0.05, 0.1) is 17.5 Å². The van der Waals surface area contributed by atoms with Crippen LogP contribution in [0.2, 0.25) is 0 Å². The van der Waals surface area contributed by atoms with Gasteiger partial charge in [0.15, 0.2) is 15.0 Å². The van der Waals surface area contributed by atoms with Crippen LogP contribution in [-0.2, 0) is 21.2 Å². The van der Waals surface area contributed by atoms with E-state index in [-0.39, 0.29) is 28.7 Å². The number of aliphatic imine (C=N–C) groups is 1. The number of carbonyl (C=O) groups is 1. The summed E-state index contributed by atoms with van der Waals surface area (Å²) in [5.74, 6) is 0.952. The molecule has 1 amide bonds. The van der Waals surface area contributed by atoms with E-state index in [1.54, 1.807) is 0 Å². The van der Waals surface area contributed by atoms with Crippen LogP contribution in [-0.4, -0.2) is 47.2 Å². The Morgan fingerprint density at radius 1 is 1.18 bits per heavy atom. The summed E-state index contributed by atoms with van der Waals surface area (Å²) in [5, 5.41) is 0.693. The first-order valence-corrected chi connectivity index (χ1v) is 12.9. The van der Waals surface area contributed by atoms with E-state index in [4.69, 9.17) is 0 Å². The molecule has 0 unspecified atom stereocenters. The molecule has 2 atom stereocenters. The molecule has 2 heterocycles. The van der Waals surface area contributed by atoms with Gasteiger partial charge in [0.1, 0.15) is 0 Å². The smallest absolute Gasteiger partial charge is 0.248 e. The normalized spacial score (nSPS) is 28.2. The van der Waals surface area contributed by atoms with E-state index in [0.717, 1.165) is 12.0 Å². The minimum atomic E-state index is -3.01. The first-order valence-electron chi connectivity index (χ1n) is 10.2. The minimum Gasteiger partial charge on any atom is -0.342 e. The maximum absolute atomic E-state index is 12.5. The molecule has 3 aliphatic rings. The highest BCUT2D eigenvalue weighted by Gasteiger charge is 2.48. The lowest BCUT2D eigenvalue weighted by Gasteiger charge is -2.24. The summed E-state index contributed by atoms with van der Waals surface area (Å²) in [6, 6.07) is 8.17. The third-order valence-electron chi connectivity index (χ3n) is 6.11. The van der Waals surface area contributed by atoms with Gasteiger partial charge in [0.2, 0.25) is 5.91 Å². The molecule has 0 spiro atoms. The van der Waals surface area contributed by atoms with Gasteiger partial charge < -0.3 is 4.90 Å². The number of thioether (sulfide) groups is 1. The third-order valence-corrected chi connectivity index (χ3v) is 9.36. The van der Waals surface area contributed by atoms with Gasteiger partial charge in [0.25, 0.3) is 0 Å². The molecule has 5 nitrogen and oxygen atoms in total. The molecule has 1 aliphatic carbocycles. The van der Waals surface area contributed by atoms with E-state index in [2.05, 4.69) is 34.2 Å². The van der Waals surface area contributed by atoms with E-state index >= 15 is 0 Å². The average molecular weight is 421 g/mol. The molecule has 7 heteroatoms. The molecule has 1 aromatic rings. The molecule has 2 saturated heterocycles. The Balaban J connectivity index is 1.49. The Labute approximate surface area is 171 Å². The van der Waals surface area contributed by atoms with E-state index in [1.807, 2.05) is 6.92 Å². The standard InChI is InChI=1S/C21H28N2O3S2/c1-15-6-8-17(9-7-15)12-23-18-13-28(25,26)14-19(18)27-21(23)22-20(24)11-10-16-4-2-3-5-16/h6-9,16,18-19H,2-5,10-14H2,1H3/t18-,19+/m1/s1. The number of amidine groups is 1. The highest BCUT2D eigenvalue weighted by Crippen LogP contribution is 2.39. The summed E-state index contributed by atoms with van der Waals surface area (Å²) in [6.07, 6.45) is 6.47. The van der Waals surface area contributed by atoms with E-state index in [1.165, 1.54) is 43.0 Å². The van der Waals surface area contributed by atoms with Crippen LogP contribution >= 0.6 is 11.8 Å². The molecule has 0 N–H and O–H groups in total. The van der Waals surface area contributed by atoms with Gasteiger partial charge in [0, 0.05) is 18.2 Å². The molecule has 1 aromatic carbocycles. The van der Waals surface area contributed by atoms with Crippen LogP contribution in [0.5, 0.6) is 0 Å². The van der Waals surface area contributed by atoms with E-state index < -0.39 is 9.84 Å². The number of sulfone groups is 1. The van der Waals surface area contributed by atoms with Crippen molar-refractivity contribution in [1.82, 2.24) is 4.90 Å². The van der Waals surface area contributed by atoms with Crippen molar-refractivity contribution in [3.63, 3.8) is 0 Å². The molecule has 1 saturated carbocycles. The minimum absolute atomic E-state index is 0.0168. The SMILES string of the molecule is Cc1ccc(CN2C(=NC(=O)CCC3CCCC3)S[C@H]3CS(=O)(=O)C[C@H]32)cc1. The van der Waals surface area contributed by atoms with Crippen molar-refractivity contribution in [1.29, 1.82) is 0 Å². The molecule has 4 rings (SSSR count). The predicted octanol–water partition coefficient (Wildman–Crippen LogP) is 3.56. The van der Waals surface area contributed by atoms with Crippen LogP contribution in [0.3, 0.4) is 0 Å². The summed E-state index contributed by atoms with van der Waals surface area (Å²) in [5.41, 5.74) is 2.30. The topological polar surface area (TPSA) is 66.8 Å². The van der Waals surface area contributed by atoms with Crippen LogP contribution in [0, 0.1) is 12.8 Å². The second kappa shape index (κ2) is 8.19. The molecule has 0 radical (unpaired) electrons. The summed E-state index contributed by atoms with van der Waals surface area (Å²) < 4.78 is 24.2. The first-order chi connectivity index (χ1) is 13.4. The van der Waals surface area contributed by atoms with Gasteiger partial charge in [-0.15, -0.1) is 0 Å². The lowest BCUT2D eigenvalue weighted by molar-refractivity contribution is -0.118. The molecule has 28 heavy (non-hydrogen) atoms. The lowest BCUT2D eigenvalue weighted by Crippen LogP contribution is -2.37. The highest BCUT2D eigenvalue weighted by molar-refractivity contribution is 8.15. The monoisotopic (exact) mass is 420 g/mol. The van der Waals surface area contributed by atoms with Crippen molar-refractivity contribution < 1.29 is 13.2 Å². The maximum atomic E-state index is 12.5. The molecule has 0 bridgehead atoms.